The molecule has 0 saturated carbocycles. The van der Waals surface area contributed by atoms with Crippen LogP contribution in [0.4, 0.5) is 0 Å². The number of rotatable bonds is 6. The number of ether oxygens (including phenoxy) is 1. The summed E-state index contributed by atoms with van der Waals surface area (Å²) in [6.07, 6.45) is 0. The van der Waals surface area contributed by atoms with Crippen LogP contribution < -0.4 is 0 Å². The molecule has 17 heavy (non-hydrogen) atoms. The lowest BCUT2D eigenvalue weighted by molar-refractivity contribution is -0.138. The van der Waals surface area contributed by atoms with Crippen molar-refractivity contribution in [1.82, 2.24) is 4.90 Å². The molecule has 0 spiro atoms. The quantitative estimate of drug-likeness (QED) is 0.758. The van der Waals surface area contributed by atoms with Crippen LogP contribution in [0.2, 0.25) is 0 Å². The summed E-state index contributed by atoms with van der Waals surface area (Å²) in [6.45, 7) is 7.32. The largest absolute Gasteiger partial charge is 0.372 e. The van der Waals surface area contributed by atoms with Crippen molar-refractivity contribution in [2.75, 3.05) is 13.2 Å². The predicted molar refractivity (Wildman–Crippen MR) is 68.6 cm³/mol. The van der Waals surface area contributed by atoms with Crippen molar-refractivity contribution < 1.29 is 9.53 Å². The highest BCUT2D eigenvalue weighted by atomic mass is 16.5. The maximum atomic E-state index is 11.9. The average Bonchev–Trinajstić information content (AvgIpc) is 2.34. The molecule has 0 aromatic heterocycles. The van der Waals surface area contributed by atoms with E-state index in [2.05, 4.69) is 0 Å². The molecule has 0 saturated heterocycles. The van der Waals surface area contributed by atoms with E-state index >= 15 is 0 Å². The SMILES string of the molecule is CCOCC(=O)N(Cc1ccccc1)C(C)C. The van der Waals surface area contributed by atoms with Crippen LogP contribution in [0.5, 0.6) is 0 Å². The Morgan fingerprint density at radius 1 is 1.29 bits per heavy atom. The van der Waals surface area contributed by atoms with Crippen LogP contribution >= 0.6 is 0 Å². The maximum Gasteiger partial charge on any atom is 0.249 e. The van der Waals surface area contributed by atoms with Crippen LogP contribution in [-0.2, 0) is 16.1 Å². The van der Waals surface area contributed by atoms with Crippen LogP contribution in [-0.4, -0.2) is 30.1 Å². The van der Waals surface area contributed by atoms with Crippen molar-refractivity contribution in [3.8, 4) is 0 Å². The number of carbonyl (C=O) groups is 1. The van der Waals surface area contributed by atoms with Gasteiger partial charge in [0.1, 0.15) is 6.61 Å². The Balaban J connectivity index is 2.63. The van der Waals surface area contributed by atoms with Crippen molar-refractivity contribution in [2.24, 2.45) is 0 Å². The molecule has 0 aliphatic rings. The number of hydrogen-bond acceptors (Lipinski definition) is 2. The minimum Gasteiger partial charge on any atom is -0.372 e. The third-order valence-electron chi connectivity index (χ3n) is 2.57. The molecule has 0 atom stereocenters. The van der Waals surface area contributed by atoms with Crippen molar-refractivity contribution >= 4 is 5.91 Å². The fourth-order valence-electron chi connectivity index (χ4n) is 1.61. The molecule has 94 valence electrons. The Morgan fingerprint density at radius 2 is 1.94 bits per heavy atom. The molecule has 0 bridgehead atoms. The molecule has 1 rings (SSSR count). The van der Waals surface area contributed by atoms with Gasteiger partial charge < -0.3 is 9.64 Å². The summed E-state index contributed by atoms with van der Waals surface area (Å²) in [4.78, 5) is 13.8. The first kappa shape index (κ1) is 13.7. The molecule has 0 heterocycles. The fourth-order valence-corrected chi connectivity index (χ4v) is 1.61. The highest BCUT2D eigenvalue weighted by molar-refractivity contribution is 5.77. The summed E-state index contributed by atoms with van der Waals surface area (Å²) in [5, 5.41) is 0. The lowest BCUT2D eigenvalue weighted by atomic mass is 10.2. The van der Waals surface area contributed by atoms with Gasteiger partial charge in [0.2, 0.25) is 5.91 Å². The van der Waals surface area contributed by atoms with E-state index < -0.39 is 0 Å². The summed E-state index contributed by atoms with van der Waals surface area (Å²) in [5.74, 6) is 0.0469. The first-order valence-corrected chi connectivity index (χ1v) is 6.06. The van der Waals surface area contributed by atoms with Gasteiger partial charge in [0.05, 0.1) is 0 Å². The highest BCUT2D eigenvalue weighted by Crippen LogP contribution is 2.08. The number of hydrogen-bond donors (Lipinski definition) is 0. The van der Waals surface area contributed by atoms with Crippen LogP contribution in [0.1, 0.15) is 26.3 Å². The Morgan fingerprint density at radius 3 is 2.47 bits per heavy atom. The zero-order valence-electron chi connectivity index (χ0n) is 10.8. The molecule has 0 fully saturated rings. The van der Waals surface area contributed by atoms with Crippen molar-refractivity contribution in [3.63, 3.8) is 0 Å². The first-order chi connectivity index (χ1) is 8.15. The van der Waals surface area contributed by atoms with Crippen molar-refractivity contribution in [3.05, 3.63) is 35.9 Å². The zero-order chi connectivity index (χ0) is 12.7. The third kappa shape index (κ3) is 4.57. The van der Waals surface area contributed by atoms with E-state index in [4.69, 9.17) is 4.74 Å². The summed E-state index contributed by atoms with van der Waals surface area (Å²) in [7, 11) is 0. The lowest BCUT2D eigenvalue weighted by Gasteiger charge is -2.26. The average molecular weight is 235 g/mol. The highest BCUT2D eigenvalue weighted by Gasteiger charge is 2.16. The van der Waals surface area contributed by atoms with Gasteiger partial charge in [-0.05, 0) is 26.3 Å². The topological polar surface area (TPSA) is 29.5 Å². The van der Waals surface area contributed by atoms with Crippen molar-refractivity contribution in [2.45, 2.75) is 33.4 Å². The summed E-state index contributed by atoms with van der Waals surface area (Å²) in [5.41, 5.74) is 1.14. The van der Waals surface area contributed by atoms with Gasteiger partial charge in [0.15, 0.2) is 0 Å². The third-order valence-corrected chi connectivity index (χ3v) is 2.57. The fraction of sp³-hybridized carbons (Fsp3) is 0.500. The molecule has 0 aliphatic heterocycles. The van der Waals surface area contributed by atoms with E-state index in [1.54, 1.807) is 0 Å². The van der Waals surface area contributed by atoms with Crippen LogP contribution in [0, 0.1) is 0 Å². The van der Waals surface area contributed by atoms with Gasteiger partial charge in [-0.1, -0.05) is 30.3 Å². The normalized spacial score (nSPS) is 10.6. The number of carbonyl (C=O) groups excluding carboxylic acids is 1. The van der Waals surface area contributed by atoms with E-state index in [-0.39, 0.29) is 18.6 Å². The number of amides is 1. The van der Waals surface area contributed by atoms with Crippen LogP contribution in [0.25, 0.3) is 0 Å². The van der Waals surface area contributed by atoms with E-state index in [0.29, 0.717) is 13.2 Å². The Hall–Kier alpha value is -1.35. The Labute approximate surface area is 103 Å². The molecule has 0 aliphatic carbocycles. The molecule has 1 aromatic rings. The van der Waals surface area contributed by atoms with Gasteiger partial charge in [-0.2, -0.15) is 0 Å². The van der Waals surface area contributed by atoms with Gasteiger partial charge in [-0.15, -0.1) is 0 Å². The molecular weight excluding hydrogens is 214 g/mol. The van der Waals surface area contributed by atoms with E-state index in [1.807, 2.05) is 56.0 Å². The molecule has 1 aromatic carbocycles. The molecule has 3 nitrogen and oxygen atoms in total. The minimum absolute atomic E-state index is 0.0469. The smallest absolute Gasteiger partial charge is 0.249 e. The number of benzene rings is 1. The second-order valence-corrected chi connectivity index (χ2v) is 4.24. The van der Waals surface area contributed by atoms with Gasteiger partial charge >= 0.3 is 0 Å². The zero-order valence-corrected chi connectivity index (χ0v) is 10.8. The molecule has 1 amide bonds. The monoisotopic (exact) mass is 235 g/mol. The minimum atomic E-state index is 0.0469. The predicted octanol–water partition coefficient (Wildman–Crippen LogP) is 2.46. The standard InChI is InChI=1S/C14H21NO2/c1-4-17-11-14(16)15(12(2)3)10-13-8-6-5-7-9-13/h5-9,12H,4,10-11H2,1-3H3. The number of nitrogens with zero attached hydrogens (tertiary/aromatic N) is 1. The second kappa shape index (κ2) is 7.07. The van der Waals surface area contributed by atoms with E-state index in [9.17, 15) is 4.79 Å². The van der Waals surface area contributed by atoms with Gasteiger partial charge in [-0.3, -0.25) is 4.79 Å². The van der Waals surface area contributed by atoms with Crippen LogP contribution in [0.3, 0.4) is 0 Å². The summed E-state index contributed by atoms with van der Waals surface area (Å²) >= 11 is 0. The van der Waals surface area contributed by atoms with Gasteiger partial charge in [0.25, 0.3) is 0 Å². The van der Waals surface area contributed by atoms with Crippen molar-refractivity contribution in [1.29, 1.82) is 0 Å². The van der Waals surface area contributed by atoms with Gasteiger partial charge in [0, 0.05) is 19.2 Å². The Bertz CT molecular complexity index is 335. The molecule has 0 unspecified atom stereocenters. The summed E-state index contributed by atoms with van der Waals surface area (Å²) in [6, 6.07) is 10.2. The summed E-state index contributed by atoms with van der Waals surface area (Å²) < 4.78 is 5.17. The second-order valence-electron chi connectivity index (χ2n) is 4.24. The van der Waals surface area contributed by atoms with Gasteiger partial charge in [-0.25, -0.2) is 0 Å². The Kier molecular flexibility index (Phi) is 5.70. The molecule has 0 radical (unpaired) electrons. The molecule has 0 N–H and O–H groups in total. The van der Waals surface area contributed by atoms with Crippen LogP contribution in [0.15, 0.2) is 30.3 Å². The van der Waals surface area contributed by atoms with E-state index in [0.717, 1.165) is 5.56 Å². The lowest BCUT2D eigenvalue weighted by Crippen LogP contribution is -2.38. The molecular formula is C14H21NO2. The van der Waals surface area contributed by atoms with E-state index in [1.165, 1.54) is 0 Å². The molecule has 3 heteroatoms. The first-order valence-electron chi connectivity index (χ1n) is 6.06. The maximum absolute atomic E-state index is 11.9.